The van der Waals surface area contributed by atoms with Crippen LogP contribution >= 0.6 is 0 Å². The van der Waals surface area contributed by atoms with E-state index < -0.39 is 23.7 Å². The molecule has 0 fully saturated rings. The summed E-state index contributed by atoms with van der Waals surface area (Å²) in [5.41, 5.74) is 0.501. The van der Waals surface area contributed by atoms with Gasteiger partial charge in [-0.25, -0.2) is 0 Å². The molecule has 0 atom stereocenters. The number of alkyl halides is 6. The molecule has 0 aliphatic carbocycles. The van der Waals surface area contributed by atoms with Crippen LogP contribution in [0.2, 0.25) is 0 Å². The van der Waals surface area contributed by atoms with Crippen molar-refractivity contribution in [2.75, 3.05) is 11.4 Å². The highest BCUT2D eigenvalue weighted by Gasteiger charge is 2.38. The topological polar surface area (TPSA) is 59.2 Å². The molecule has 3 aromatic rings. The largest absolute Gasteiger partial charge is 0.453 e. The van der Waals surface area contributed by atoms with Crippen molar-refractivity contribution in [3.63, 3.8) is 0 Å². The van der Waals surface area contributed by atoms with Crippen molar-refractivity contribution in [3.05, 3.63) is 46.5 Å². The van der Waals surface area contributed by atoms with Crippen molar-refractivity contribution in [1.82, 2.24) is 24.8 Å². The van der Waals surface area contributed by atoms with Crippen molar-refractivity contribution >= 4 is 11.5 Å². The number of hydrogen-bond acceptors (Lipinski definition) is 5. The number of fused-ring (bicyclic) bond motifs is 2. The summed E-state index contributed by atoms with van der Waals surface area (Å²) in [5, 5.41) is 10.6. The summed E-state index contributed by atoms with van der Waals surface area (Å²) in [6, 6.07) is 2.42. The molecule has 0 aromatic carbocycles. The number of rotatable bonds is 1. The summed E-state index contributed by atoms with van der Waals surface area (Å²) in [5.74, 6) is -1.04. The molecule has 0 spiro atoms. The second-order valence-electron chi connectivity index (χ2n) is 6.44. The Morgan fingerprint density at radius 3 is 2.43 bits per heavy atom. The van der Waals surface area contributed by atoms with E-state index in [1.54, 1.807) is 11.8 Å². The maximum Gasteiger partial charge on any atom is 0.453 e. The first-order chi connectivity index (χ1) is 13.0. The first kappa shape index (κ1) is 18.4. The quantitative estimate of drug-likeness (QED) is 0.584. The molecule has 6 nitrogen and oxygen atoms in total. The van der Waals surface area contributed by atoms with E-state index in [-0.39, 0.29) is 18.0 Å². The highest BCUT2D eigenvalue weighted by atomic mass is 19.4. The van der Waals surface area contributed by atoms with E-state index in [1.807, 2.05) is 0 Å². The molecule has 0 radical (unpaired) electrons. The van der Waals surface area contributed by atoms with Gasteiger partial charge in [0.15, 0.2) is 11.5 Å². The van der Waals surface area contributed by atoms with E-state index in [0.29, 0.717) is 34.3 Å². The zero-order valence-corrected chi connectivity index (χ0v) is 14.3. The number of aromatic nitrogens is 5. The number of halogens is 6. The van der Waals surface area contributed by atoms with Crippen LogP contribution < -0.4 is 4.90 Å². The minimum Gasteiger partial charge on any atom is -0.350 e. The fraction of sp³-hybridized carbons (Fsp3) is 0.375. The molecule has 1 aliphatic rings. The molecule has 3 aromatic heterocycles. The number of anilines is 1. The standard InChI is InChI=1S/C16H12F6N6/c1-8-4-12-24-25-14(16(20,21)22)28(12)26-13(8)27-3-2-11-9(7-27)5-10(6-23-11)15(17,18)19/h4-6H,2-3,7H2,1H3. The summed E-state index contributed by atoms with van der Waals surface area (Å²) in [4.78, 5) is 5.51. The molecule has 0 amide bonds. The Bertz CT molecular complexity index is 1050. The van der Waals surface area contributed by atoms with Gasteiger partial charge in [0.25, 0.3) is 5.82 Å². The maximum atomic E-state index is 13.1. The Morgan fingerprint density at radius 1 is 1.00 bits per heavy atom. The predicted octanol–water partition coefficient (Wildman–Crippen LogP) is 3.43. The van der Waals surface area contributed by atoms with Crippen LogP contribution in [-0.2, 0) is 25.3 Å². The lowest BCUT2D eigenvalue weighted by molar-refractivity contribution is -0.146. The van der Waals surface area contributed by atoms with Crippen LogP contribution in [-0.4, -0.2) is 31.3 Å². The van der Waals surface area contributed by atoms with Crippen LogP contribution in [0.25, 0.3) is 5.65 Å². The highest BCUT2D eigenvalue weighted by molar-refractivity contribution is 5.54. The van der Waals surface area contributed by atoms with Crippen LogP contribution in [0.1, 0.15) is 28.2 Å². The predicted molar refractivity (Wildman–Crippen MR) is 84.5 cm³/mol. The molecule has 0 saturated carbocycles. The van der Waals surface area contributed by atoms with Gasteiger partial charge in [0.1, 0.15) is 0 Å². The normalized spacial score (nSPS) is 15.2. The average Bonchev–Trinajstić information content (AvgIpc) is 3.02. The van der Waals surface area contributed by atoms with Crippen molar-refractivity contribution in [2.45, 2.75) is 32.2 Å². The molecule has 0 N–H and O–H groups in total. The lowest BCUT2D eigenvalue weighted by atomic mass is 10.0. The van der Waals surface area contributed by atoms with Gasteiger partial charge in [-0.2, -0.15) is 30.9 Å². The van der Waals surface area contributed by atoms with Gasteiger partial charge in [0.05, 0.1) is 5.56 Å². The monoisotopic (exact) mass is 402 g/mol. The van der Waals surface area contributed by atoms with Gasteiger partial charge in [-0.15, -0.1) is 15.3 Å². The van der Waals surface area contributed by atoms with Gasteiger partial charge in [-0.1, -0.05) is 0 Å². The molecule has 28 heavy (non-hydrogen) atoms. The first-order valence-electron chi connectivity index (χ1n) is 8.14. The molecule has 0 unspecified atom stereocenters. The lowest BCUT2D eigenvalue weighted by Crippen LogP contribution is -2.33. The van der Waals surface area contributed by atoms with E-state index >= 15 is 0 Å². The second kappa shape index (κ2) is 6.04. The number of hydrogen-bond donors (Lipinski definition) is 0. The SMILES string of the molecule is Cc1cc2nnc(C(F)(F)F)n2nc1N1CCc2ncc(C(F)(F)F)cc2C1. The fourth-order valence-corrected chi connectivity index (χ4v) is 3.16. The summed E-state index contributed by atoms with van der Waals surface area (Å²) in [7, 11) is 0. The minimum absolute atomic E-state index is 0.0507. The Hall–Kier alpha value is -2.92. The smallest absolute Gasteiger partial charge is 0.350 e. The molecule has 4 heterocycles. The van der Waals surface area contributed by atoms with Crippen LogP contribution in [0.3, 0.4) is 0 Å². The zero-order chi connectivity index (χ0) is 20.3. The van der Waals surface area contributed by atoms with E-state index in [0.717, 1.165) is 12.3 Å². The van der Waals surface area contributed by atoms with Crippen molar-refractivity contribution in [1.29, 1.82) is 0 Å². The van der Waals surface area contributed by atoms with E-state index in [2.05, 4.69) is 20.3 Å². The summed E-state index contributed by atoms with van der Waals surface area (Å²) in [6.07, 6.45) is -8.13. The van der Waals surface area contributed by atoms with Crippen LogP contribution in [0.4, 0.5) is 32.2 Å². The minimum atomic E-state index is -4.74. The molecule has 12 heteroatoms. The fourth-order valence-electron chi connectivity index (χ4n) is 3.16. The Kier molecular flexibility index (Phi) is 3.98. The zero-order valence-electron chi connectivity index (χ0n) is 14.3. The molecule has 0 bridgehead atoms. The third-order valence-electron chi connectivity index (χ3n) is 4.48. The lowest BCUT2D eigenvalue weighted by Gasteiger charge is -2.30. The third-order valence-corrected chi connectivity index (χ3v) is 4.48. The summed E-state index contributed by atoms with van der Waals surface area (Å²) < 4.78 is 78.7. The van der Waals surface area contributed by atoms with Gasteiger partial charge in [-0.05, 0) is 30.2 Å². The summed E-state index contributed by atoms with van der Waals surface area (Å²) in [6.45, 7) is 2.05. The average molecular weight is 402 g/mol. The number of aryl methyl sites for hydroxylation is 1. The van der Waals surface area contributed by atoms with Crippen LogP contribution in [0, 0.1) is 6.92 Å². The molecule has 4 rings (SSSR count). The number of nitrogens with zero attached hydrogens (tertiary/aromatic N) is 6. The molecular weight excluding hydrogens is 390 g/mol. The van der Waals surface area contributed by atoms with Crippen molar-refractivity contribution in [2.24, 2.45) is 0 Å². The van der Waals surface area contributed by atoms with Gasteiger partial charge in [0, 0.05) is 31.4 Å². The van der Waals surface area contributed by atoms with Crippen molar-refractivity contribution in [3.8, 4) is 0 Å². The maximum absolute atomic E-state index is 13.1. The molecule has 148 valence electrons. The summed E-state index contributed by atoms with van der Waals surface area (Å²) >= 11 is 0. The Balaban J connectivity index is 1.74. The number of pyridine rings is 1. The third kappa shape index (κ3) is 3.12. The van der Waals surface area contributed by atoms with E-state index in [1.165, 1.54) is 6.07 Å². The Labute approximate surface area is 153 Å². The Morgan fingerprint density at radius 2 is 1.75 bits per heavy atom. The van der Waals surface area contributed by atoms with Crippen LogP contribution in [0.15, 0.2) is 18.3 Å². The molecular formula is C16H12F6N6. The van der Waals surface area contributed by atoms with Gasteiger partial charge in [-0.3, -0.25) is 4.98 Å². The van der Waals surface area contributed by atoms with Gasteiger partial charge < -0.3 is 4.90 Å². The van der Waals surface area contributed by atoms with Crippen molar-refractivity contribution < 1.29 is 26.3 Å². The van der Waals surface area contributed by atoms with E-state index in [9.17, 15) is 26.3 Å². The molecule has 1 aliphatic heterocycles. The second-order valence-corrected chi connectivity index (χ2v) is 6.44. The van der Waals surface area contributed by atoms with Gasteiger partial charge >= 0.3 is 12.4 Å². The molecule has 0 saturated heterocycles. The van der Waals surface area contributed by atoms with Gasteiger partial charge in [0.2, 0.25) is 0 Å². The first-order valence-corrected chi connectivity index (χ1v) is 8.14. The highest BCUT2D eigenvalue weighted by Crippen LogP contribution is 2.33. The van der Waals surface area contributed by atoms with Crippen LogP contribution in [0.5, 0.6) is 0 Å². The van der Waals surface area contributed by atoms with E-state index in [4.69, 9.17) is 0 Å².